The third-order valence-electron chi connectivity index (χ3n) is 6.62. The Labute approximate surface area is 230 Å². The normalized spacial score (nSPS) is 16.7. The van der Waals surface area contributed by atoms with Gasteiger partial charge in [0, 0.05) is 59.3 Å². The van der Waals surface area contributed by atoms with E-state index in [4.69, 9.17) is 27.8 Å². The van der Waals surface area contributed by atoms with Crippen molar-refractivity contribution in [1.29, 1.82) is 0 Å². The van der Waals surface area contributed by atoms with E-state index in [-0.39, 0.29) is 22.0 Å². The number of guanidine groups is 1. The number of carbonyl (C=O) groups is 1. The summed E-state index contributed by atoms with van der Waals surface area (Å²) < 4.78 is 33.1. The zero-order valence-corrected chi connectivity index (χ0v) is 23.4. The number of halogens is 1. The number of nitrogens with two attached hydrogens (primary N) is 2. The molecule has 38 heavy (non-hydrogen) atoms. The molecule has 1 saturated heterocycles. The minimum atomic E-state index is -3.88. The van der Waals surface area contributed by atoms with E-state index in [0.29, 0.717) is 21.9 Å². The Morgan fingerprint density at radius 3 is 2.47 bits per heavy atom. The SMILES string of the molecule is Cc1ccc(CN2CCN(c3cc(Cl)c4c(c3)CS(=O)(=O)c3cc(C(=O)N=C(N)N)cc(C)c3O4)CC2)s1. The van der Waals surface area contributed by atoms with Crippen molar-refractivity contribution in [3.05, 3.63) is 67.9 Å². The van der Waals surface area contributed by atoms with Crippen LogP contribution in [0.4, 0.5) is 5.69 Å². The van der Waals surface area contributed by atoms with Gasteiger partial charge in [-0.3, -0.25) is 9.69 Å². The monoisotopic (exact) mass is 573 g/mol. The second kappa shape index (κ2) is 10.2. The Morgan fingerprint density at radius 1 is 1.08 bits per heavy atom. The van der Waals surface area contributed by atoms with Crippen molar-refractivity contribution in [2.45, 2.75) is 31.0 Å². The Kier molecular flexibility index (Phi) is 7.12. The number of thiophene rings is 1. The fourth-order valence-electron chi connectivity index (χ4n) is 4.79. The first-order chi connectivity index (χ1) is 18.0. The average Bonchev–Trinajstić information content (AvgIpc) is 3.20. The van der Waals surface area contributed by atoms with Gasteiger partial charge in [-0.25, -0.2) is 8.42 Å². The van der Waals surface area contributed by atoms with E-state index in [0.717, 1.165) is 38.4 Å². The number of sulfone groups is 1. The lowest BCUT2D eigenvalue weighted by atomic mass is 10.1. The van der Waals surface area contributed by atoms with Crippen LogP contribution in [0.2, 0.25) is 5.02 Å². The number of hydrogen-bond donors (Lipinski definition) is 2. The molecule has 1 aromatic heterocycles. The highest BCUT2D eigenvalue weighted by Crippen LogP contribution is 2.45. The van der Waals surface area contributed by atoms with Crippen LogP contribution < -0.4 is 21.1 Å². The van der Waals surface area contributed by atoms with Gasteiger partial charge < -0.3 is 21.1 Å². The largest absolute Gasteiger partial charge is 0.454 e. The van der Waals surface area contributed by atoms with Crippen LogP contribution in [0.3, 0.4) is 0 Å². The molecule has 2 aromatic carbocycles. The minimum Gasteiger partial charge on any atom is -0.454 e. The molecule has 2 aliphatic rings. The van der Waals surface area contributed by atoms with E-state index in [9.17, 15) is 13.2 Å². The molecule has 5 rings (SSSR count). The molecular weight excluding hydrogens is 546 g/mol. The number of benzene rings is 2. The van der Waals surface area contributed by atoms with Gasteiger partial charge in [-0.1, -0.05) is 11.6 Å². The lowest BCUT2D eigenvalue weighted by Gasteiger charge is -2.36. The number of ether oxygens (including phenoxy) is 1. The highest BCUT2D eigenvalue weighted by molar-refractivity contribution is 7.90. The second-order valence-corrected chi connectivity index (χ2v) is 13.3. The zero-order valence-electron chi connectivity index (χ0n) is 21.0. The minimum absolute atomic E-state index is 0.0511. The standard InChI is InChI=1S/C26H28ClN5O4S2/c1-15-9-17(25(33)30-26(28)29)11-22-23(15)36-24-18(14-38(22,34)35)10-19(12-21(24)27)32-7-5-31(6-8-32)13-20-4-3-16(2)37-20/h3-4,9-12H,5-8,13-14H2,1-2H3,(H4,28,29,30,33). The van der Waals surface area contributed by atoms with Gasteiger partial charge in [-0.05, 0) is 55.8 Å². The van der Waals surface area contributed by atoms with Gasteiger partial charge in [0.25, 0.3) is 5.91 Å². The van der Waals surface area contributed by atoms with Gasteiger partial charge in [0.2, 0.25) is 0 Å². The summed E-state index contributed by atoms with van der Waals surface area (Å²) in [6, 6.07) is 10.7. The van der Waals surface area contributed by atoms with Crippen LogP contribution in [0, 0.1) is 13.8 Å². The van der Waals surface area contributed by atoms with Gasteiger partial charge >= 0.3 is 0 Å². The topological polar surface area (TPSA) is 131 Å². The van der Waals surface area contributed by atoms with E-state index < -0.39 is 21.7 Å². The van der Waals surface area contributed by atoms with Gasteiger partial charge in [0.15, 0.2) is 15.8 Å². The summed E-state index contributed by atoms with van der Waals surface area (Å²) in [5, 5.41) is 0.331. The highest BCUT2D eigenvalue weighted by Gasteiger charge is 2.32. The molecule has 2 aliphatic heterocycles. The molecule has 3 heterocycles. The van der Waals surface area contributed by atoms with Crippen LogP contribution >= 0.6 is 22.9 Å². The number of aryl methyl sites for hydroxylation is 2. The number of anilines is 1. The van der Waals surface area contributed by atoms with Crippen LogP contribution in [-0.2, 0) is 22.1 Å². The molecule has 0 spiro atoms. The third-order valence-corrected chi connectivity index (χ3v) is 9.55. The van der Waals surface area contributed by atoms with Crippen LogP contribution in [-0.4, -0.2) is 51.4 Å². The molecule has 200 valence electrons. The summed E-state index contributed by atoms with van der Waals surface area (Å²) >= 11 is 8.49. The van der Waals surface area contributed by atoms with Gasteiger partial charge in [-0.2, -0.15) is 4.99 Å². The molecule has 1 amide bonds. The van der Waals surface area contributed by atoms with Crippen molar-refractivity contribution in [1.82, 2.24) is 4.90 Å². The van der Waals surface area contributed by atoms with E-state index in [1.807, 2.05) is 23.5 Å². The molecule has 12 heteroatoms. The van der Waals surface area contributed by atoms with E-state index in [1.54, 1.807) is 6.92 Å². The van der Waals surface area contributed by atoms with Crippen molar-refractivity contribution in [2.24, 2.45) is 16.5 Å². The molecule has 9 nitrogen and oxygen atoms in total. The van der Waals surface area contributed by atoms with Crippen LogP contribution in [0.5, 0.6) is 11.5 Å². The molecule has 0 bridgehead atoms. The lowest BCUT2D eigenvalue weighted by Crippen LogP contribution is -2.45. The molecule has 1 fully saturated rings. The van der Waals surface area contributed by atoms with Gasteiger partial charge in [-0.15, -0.1) is 11.3 Å². The zero-order chi connectivity index (χ0) is 27.2. The Balaban J connectivity index is 1.41. The predicted octanol–water partition coefficient (Wildman–Crippen LogP) is 3.83. The van der Waals surface area contributed by atoms with E-state index in [1.165, 1.54) is 21.9 Å². The number of rotatable bonds is 4. The van der Waals surface area contributed by atoms with Crippen LogP contribution in [0.1, 0.15) is 31.2 Å². The molecular formula is C26H28ClN5O4S2. The Morgan fingerprint density at radius 2 is 1.82 bits per heavy atom. The third kappa shape index (κ3) is 5.37. The van der Waals surface area contributed by atoms with Crippen LogP contribution in [0.25, 0.3) is 0 Å². The molecule has 0 atom stereocenters. The summed E-state index contributed by atoms with van der Waals surface area (Å²) in [6.07, 6.45) is 0. The second-order valence-electron chi connectivity index (χ2n) is 9.51. The van der Waals surface area contributed by atoms with Crippen molar-refractivity contribution in [3.63, 3.8) is 0 Å². The number of nitrogens with zero attached hydrogens (tertiary/aromatic N) is 3. The average molecular weight is 574 g/mol. The molecule has 0 aliphatic carbocycles. The molecule has 4 N–H and O–H groups in total. The summed E-state index contributed by atoms with van der Waals surface area (Å²) in [6.45, 7) is 8.06. The first kappa shape index (κ1) is 26.5. The maximum Gasteiger partial charge on any atom is 0.280 e. The summed E-state index contributed by atoms with van der Waals surface area (Å²) in [5.74, 6) is -1.02. The van der Waals surface area contributed by atoms with Gasteiger partial charge in [0.1, 0.15) is 16.4 Å². The summed E-state index contributed by atoms with van der Waals surface area (Å²) in [5.41, 5.74) is 12.5. The fourth-order valence-corrected chi connectivity index (χ4v) is 7.56. The lowest BCUT2D eigenvalue weighted by molar-refractivity contribution is 0.100. The summed E-state index contributed by atoms with van der Waals surface area (Å²) in [4.78, 5) is 23.1. The smallest absolute Gasteiger partial charge is 0.280 e. The van der Waals surface area contributed by atoms with E-state index in [2.05, 4.69) is 33.8 Å². The first-order valence-electron chi connectivity index (χ1n) is 12.0. The van der Waals surface area contributed by atoms with Crippen LogP contribution in [0.15, 0.2) is 46.3 Å². The maximum atomic E-state index is 13.5. The quantitative estimate of drug-likeness (QED) is 0.355. The first-order valence-corrected chi connectivity index (χ1v) is 14.9. The molecule has 0 radical (unpaired) electrons. The number of piperazine rings is 1. The number of hydrogen-bond acceptors (Lipinski definition) is 7. The molecule has 0 saturated carbocycles. The Hall–Kier alpha value is -3.12. The number of fused-ring (bicyclic) bond motifs is 2. The number of amides is 1. The van der Waals surface area contributed by atoms with Crippen molar-refractivity contribution in [2.75, 3.05) is 31.1 Å². The van der Waals surface area contributed by atoms with E-state index >= 15 is 0 Å². The maximum absolute atomic E-state index is 13.5. The number of carbonyl (C=O) groups excluding carboxylic acids is 1. The number of aliphatic imine (C=N–C) groups is 1. The summed E-state index contributed by atoms with van der Waals surface area (Å²) in [7, 11) is -3.88. The van der Waals surface area contributed by atoms with Crippen molar-refractivity contribution >= 4 is 50.3 Å². The van der Waals surface area contributed by atoms with Gasteiger partial charge in [0.05, 0.1) is 10.8 Å². The molecule has 0 unspecified atom stereocenters. The van der Waals surface area contributed by atoms with Crippen molar-refractivity contribution in [3.8, 4) is 11.5 Å². The Bertz CT molecular complexity index is 1560. The highest BCUT2D eigenvalue weighted by atomic mass is 35.5. The predicted molar refractivity (Wildman–Crippen MR) is 150 cm³/mol. The van der Waals surface area contributed by atoms with Crippen molar-refractivity contribution < 1.29 is 17.9 Å². The fraction of sp³-hybridized carbons (Fsp3) is 0.308. The molecule has 3 aromatic rings.